The lowest BCUT2D eigenvalue weighted by Gasteiger charge is -2.04. The summed E-state index contributed by atoms with van der Waals surface area (Å²) in [7, 11) is 5.37. The highest BCUT2D eigenvalue weighted by molar-refractivity contribution is 6.34. The van der Waals surface area contributed by atoms with Crippen molar-refractivity contribution in [1.82, 2.24) is 9.97 Å². The second-order valence-corrected chi connectivity index (χ2v) is 2.72. The van der Waals surface area contributed by atoms with E-state index in [1.165, 1.54) is 6.20 Å². The molecule has 0 aliphatic heterocycles. The number of halogens is 1. The molecule has 1 heterocycles. The number of hydrogen-bond acceptors (Lipinski definition) is 3. The maximum atomic E-state index is 5.75. The van der Waals surface area contributed by atoms with Crippen molar-refractivity contribution in [3.63, 3.8) is 0 Å². The Bertz CT molecular complexity index is 267. The van der Waals surface area contributed by atoms with Crippen molar-refractivity contribution in [2.24, 2.45) is 0 Å². The average Bonchev–Trinajstić information content (AvgIpc) is 2.03. The fourth-order valence-corrected chi connectivity index (χ4v) is 0.954. The van der Waals surface area contributed by atoms with Gasteiger partial charge in [0.15, 0.2) is 11.0 Å². The van der Waals surface area contributed by atoms with E-state index in [9.17, 15) is 0 Å². The van der Waals surface area contributed by atoms with Gasteiger partial charge in [0.25, 0.3) is 0 Å². The third-order valence-electron chi connectivity index (χ3n) is 1.29. The molecule has 0 aromatic carbocycles. The molecule has 0 saturated carbocycles. The molecule has 62 valence electrons. The van der Waals surface area contributed by atoms with Gasteiger partial charge in [-0.15, -0.1) is 0 Å². The Hall–Kier alpha value is -0.765. The van der Waals surface area contributed by atoms with Crippen molar-refractivity contribution in [2.75, 3.05) is 11.9 Å². The van der Waals surface area contributed by atoms with E-state index in [1.807, 2.05) is 0 Å². The van der Waals surface area contributed by atoms with E-state index in [0.717, 1.165) is 13.0 Å². The highest BCUT2D eigenvalue weighted by Gasteiger charge is 2.00. The largest absolute Gasteiger partial charge is 0.368 e. The lowest BCUT2D eigenvalue weighted by atomic mass is 10.1. The molecule has 0 atom stereocenters. The van der Waals surface area contributed by atoms with Gasteiger partial charge in [0.1, 0.15) is 7.85 Å². The van der Waals surface area contributed by atoms with Gasteiger partial charge < -0.3 is 5.32 Å². The SMILES string of the molecule is [B]c1cnc(NCCC)c(Cl)n1. The molecule has 5 heteroatoms. The first-order valence-electron chi connectivity index (χ1n) is 3.76. The Kier molecular flexibility index (Phi) is 3.35. The van der Waals surface area contributed by atoms with Crippen LogP contribution in [-0.4, -0.2) is 24.4 Å². The van der Waals surface area contributed by atoms with E-state index in [2.05, 4.69) is 22.2 Å². The summed E-state index contributed by atoms with van der Waals surface area (Å²) in [5.74, 6) is 0.590. The highest BCUT2D eigenvalue weighted by Crippen LogP contribution is 2.12. The maximum Gasteiger partial charge on any atom is 0.170 e. The summed E-state index contributed by atoms with van der Waals surface area (Å²) in [6.07, 6.45) is 2.49. The maximum absolute atomic E-state index is 5.75. The zero-order valence-corrected chi connectivity index (χ0v) is 7.60. The van der Waals surface area contributed by atoms with Gasteiger partial charge in [-0.2, -0.15) is 0 Å². The second-order valence-electron chi connectivity index (χ2n) is 2.36. The molecule has 0 aliphatic rings. The van der Waals surface area contributed by atoms with Gasteiger partial charge in [-0.25, -0.2) is 9.97 Å². The van der Waals surface area contributed by atoms with Crippen LogP contribution in [0, 0.1) is 0 Å². The minimum Gasteiger partial charge on any atom is -0.368 e. The smallest absolute Gasteiger partial charge is 0.170 e. The van der Waals surface area contributed by atoms with Crippen LogP contribution in [0.15, 0.2) is 6.20 Å². The van der Waals surface area contributed by atoms with Gasteiger partial charge in [-0.1, -0.05) is 18.5 Å². The molecule has 12 heavy (non-hydrogen) atoms. The fourth-order valence-electron chi connectivity index (χ4n) is 0.741. The van der Waals surface area contributed by atoms with Crippen molar-refractivity contribution < 1.29 is 0 Å². The molecule has 0 fully saturated rings. The summed E-state index contributed by atoms with van der Waals surface area (Å²) in [5, 5.41) is 3.35. The average molecular weight is 181 g/mol. The molecule has 1 aromatic heterocycles. The lowest BCUT2D eigenvalue weighted by molar-refractivity contribution is 0.966. The van der Waals surface area contributed by atoms with Gasteiger partial charge >= 0.3 is 0 Å². The quantitative estimate of drug-likeness (QED) is 0.699. The molecule has 2 radical (unpaired) electrons. The fraction of sp³-hybridized carbons (Fsp3) is 0.429. The first-order chi connectivity index (χ1) is 5.74. The predicted molar refractivity (Wildman–Crippen MR) is 51.2 cm³/mol. The molecule has 0 unspecified atom stereocenters. The topological polar surface area (TPSA) is 37.8 Å². The Labute approximate surface area is 78.0 Å². The molecule has 0 aliphatic carbocycles. The van der Waals surface area contributed by atoms with Crippen LogP contribution in [0.5, 0.6) is 0 Å². The molecule has 3 nitrogen and oxygen atoms in total. The monoisotopic (exact) mass is 181 g/mol. The van der Waals surface area contributed by atoms with Crippen LogP contribution in [0.4, 0.5) is 5.82 Å². The predicted octanol–water partition coefficient (Wildman–Crippen LogP) is 0.746. The van der Waals surface area contributed by atoms with Crippen LogP contribution in [0.2, 0.25) is 5.15 Å². The molecular weight excluding hydrogens is 172 g/mol. The molecule has 0 amide bonds. The summed E-state index contributed by atoms with van der Waals surface area (Å²) in [6, 6.07) is 0. The third-order valence-corrected chi connectivity index (χ3v) is 1.55. The number of nitrogens with zero attached hydrogens (tertiary/aromatic N) is 2. The summed E-state index contributed by atoms with van der Waals surface area (Å²) in [4.78, 5) is 7.83. The number of anilines is 1. The lowest BCUT2D eigenvalue weighted by Crippen LogP contribution is -2.12. The molecule has 1 aromatic rings. The standard InChI is InChI=1S/C7H9BClN3/c1-2-3-10-7-6(9)12-5(8)4-11-7/h4H,2-3H2,1H3,(H,10,11). The van der Waals surface area contributed by atoms with Crippen molar-refractivity contribution in [2.45, 2.75) is 13.3 Å². The number of nitrogens with one attached hydrogen (secondary N) is 1. The van der Waals surface area contributed by atoms with E-state index in [0.29, 0.717) is 16.6 Å². The van der Waals surface area contributed by atoms with Crippen molar-refractivity contribution in [3.05, 3.63) is 11.3 Å². The van der Waals surface area contributed by atoms with Crippen molar-refractivity contribution in [1.29, 1.82) is 0 Å². The van der Waals surface area contributed by atoms with Crippen molar-refractivity contribution in [3.8, 4) is 0 Å². The third kappa shape index (κ3) is 2.38. The Morgan fingerprint density at radius 1 is 1.67 bits per heavy atom. The molecule has 1 rings (SSSR count). The van der Waals surface area contributed by atoms with E-state index < -0.39 is 0 Å². The molecule has 0 bridgehead atoms. The molecule has 1 N–H and O–H groups in total. The minimum absolute atomic E-state index is 0.323. The Morgan fingerprint density at radius 2 is 2.42 bits per heavy atom. The van der Waals surface area contributed by atoms with Crippen LogP contribution in [-0.2, 0) is 0 Å². The first kappa shape index (κ1) is 9.32. The number of hydrogen-bond donors (Lipinski definition) is 1. The van der Waals surface area contributed by atoms with Crippen LogP contribution in [0.3, 0.4) is 0 Å². The van der Waals surface area contributed by atoms with Crippen LogP contribution in [0.25, 0.3) is 0 Å². The molecule has 0 spiro atoms. The Balaban J connectivity index is 2.72. The molecular formula is C7H9BClN3. The van der Waals surface area contributed by atoms with Crippen LogP contribution in [0.1, 0.15) is 13.3 Å². The summed E-state index contributed by atoms with van der Waals surface area (Å²) in [5.41, 5.74) is 0.335. The van der Waals surface area contributed by atoms with Crippen molar-refractivity contribution >= 4 is 30.9 Å². The van der Waals surface area contributed by atoms with Crippen LogP contribution < -0.4 is 10.9 Å². The van der Waals surface area contributed by atoms with Gasteiger partial charge in [-0.3, -0.25) is 0 Å². The minimum atomic E-state index is 0.323. The van der Waals surface area contributed by atoms with E-state index in [4.69, 9.17) is 19.4 Å². The van der Waals surface area contributed by atoms with Gasteiger partial charge in [0.2, 0.25) is 0 Å². The Morgan fingerprint density at radius 3 is 3.00 bits per heavy atom. The first-order valence-corrected chi connectivity index (χ1v) is 4.13. The normalized spacial score (nSPS) is 9.83. The van der Waals surface area contributed by atoms with E-state index >= 15 is 0 Å². The van der Waals surface area contributed by atoms with Gasteiger partial charge in [0.05, 0.1) is 0 Å². The zero-order valence-electron chi connectivity index (χ0n) is 6.84. The number of rotatable bonds is 3. The van der Waals surface area contributed by atoms with E-state index in [-0.39, 0.29) is 0 Å². The zero-order chi connectivity index (χ0) is 8.97. The second kappa shape index (κ2) is 4.31. The summed E-state index contributed by atoms with van der Waals surface area (Å²) < 4.78 is 0. The van der Waals surface area contributed by atoms with Crippen LogP contribution >= 0.6 is 11.6 Å². The van der Waals surface area contributed by atoms with Gasteiger partial charge in [0, 0.05) is 18.3 Å². The van der Waals surface area contributed by atoms with Gasteiger partial charge in [-0.05, 0) is 6.42 Å². The summed E-state index contributed by atoms with van der Waals surface area (Å²) >= 11 is 5.75. The number of aromatic nitrogens is 2. The van der Waals surface area contributed by atoms with E-state index in [1.54, 1.807) is 0 Å². The molecule has 0 saturated heterocycles. The highest BCUT2D eigenvalue weighted by atomic mass is 35.5. The summed E-state index contributed by atoms with van der Waals surface area (Å²) in [6.45, 7) is 2.89.